The highest BCUT2D eigenvalue weighted by Crippen LogP contribution is 2.44. The van der Waals surface area contributed by atoms with Crippen LogP contribution in [0.25, 0.3) is 11.1 Å². The van der Waals surface area contributed by atoms with E-state index in [2.05, 4.69) is 5.32 Å². The lowest BCUT2D eigenvalue weighted by molar-refractivity contribution is 0.0733. The zero-order valence-electron chi connectivity index (χ0n) is 10.8. The molecular weight excluding hydrogens is 297 g/mol. The Labute approximate surface area is 127 Å². The molecule has 0 aromatic heterocycles. The van der Waals surface area contributed by atoms with Crippen LogP contribution in [-0.4, -0.2) is 19.9 Å². The first-order valence-electron chi connectivity index (χ1n) is 6.24. The van der Waals surface area contributed by atoms with Crippen LogP contribution in [0.3, 0.4) is 0 Å². The third kappa shape index (κ3) is 2.44. The molecule has 1 aliphatic rings. The predicted molar refractivity (Wildman–Crippen MR) is 80.9 cm³/mol. The van der Waals surface area contributed by atoms with E-state index in [0.29, 0.717) is 28.2 Å². The van der Waals surface area contributed by atoms with Crippen LogP contribution in [0.1, 0.15) is 0 Å². The largest absolute Gasteiger partial charge is 0.484 e. The van der Waals surface area contributed by atoms with E-state index in [1.165, 1.54) is 0 Å². The summed E-state index contributed by atoms with van der Waals surface area (Å²) in [6.07, 6.45) is -0.190. The average molecular weight is 310 g/mol. The highest BCUT2D eigenvalue weighted by Gasteiger charge is 2.24. The molecule has 2 aromatic rings. The molecule has 0 fully saturated rings. The third-order valence-electron chi connectivity index (χ3n) is 3.16. The average Bonchev–Trinajstić information content (AvgIpc) is 2.46. The van der Waals surface area contributed by atoms with E-state index in [1.807, 2.05) is 37.4 Å². The van der Waals surface area contributed by atoms with E-state index in [-0.39, 0.29) is 6.23 Å². The number of likely N-dealkylation sites (N-methyl/N-ethyl adjacent to an activating group) is 1. The summed E-state index contributed by atoms with van der Waals surface area (Å²) in [5.41, 5.74) is 1.70. The molecule has 2 aromatic carbocycles. The summed E-state index contributed by atoms with van der Waals surface area (Å²) >= 11 is 12.4. The molecule has 1 unspecified atom stereocenters. The third-order valence-corrected chi connectivity index (χ3v) is 3.70. The highest BCUT2D eigenvalue weighted by atomic mass is 35.5. The molecule has 104 valence electrons. The molecule has 1 aliphatic heterocycles. The first-order valence-corrected chi connectivity index (χ1v) is 7.00. The van der Waals surface area contributed by atoms with Crippen LogP contribution in [0.4, 0.5) is 0 Å². The fraction of sp³-hybridized carbons (Fsp3) is 0.200. The molecule has 3 rings (SSSR count). The fourth-order valence-electron chi connectivity index (χ4n) is 2.16. The summed E-state index contributed by atoms with van der Waals surface area (Å²) in [4.78, 5) is 0. The molecule has 0 amide bonds. The number of benzene rings is 2. The van der Waals surface area contributed by atoms with E-state index in [4.69, 9.17) is 32.7 Å². The molecule has 0 radical (unpaired) electrons. The van der Waals surface area contributed by atoms with Gasteiger partial charge in [-0.2, -0.15) is 0 Å². The Morgan fingerprint density at radius 2 is 1.95 bits per heavy atom. The van der Waals surface area contributed by atoms with Crippen molar-refractivity contribution in [2.24, 2.45) is 0 Å². The maximum absolute atomic E-state index is 6.27. The van der Waals surface area contributed by atoms with Crippen molar-refractivity contribution in [3.8, 4) is 22.6 Å². The minimum atomic E-state index is -0.190. The molecule has 0 spiro atoms. The number of hydrogen-bond donors (Lipinski definition) is 1. The van der Waals surface area contributed by atoms with Gasteiger partial charge >= 0.3 is 0 Å². The Balaban J connectivity index is 2.16. The summed E-state index contributed by atoms with van der Waals surface area (Å²) < 4.78 is 11.6. The van der Waals surface area contributed by atoms with Crippen molar-refractivity contribution >= 4 is 23.2 Å². The van der Waals surface area contributed by atoms with Gasteiger partial charge in [0.15, 0.2) is 17.7 Å². The molecule has 5 heteroatoms. The lowest BCUT2D eigenvalue weighted by Crippen LogP contribution is -2.39. The minimum Gasteiger partial charge on any atom is -0.484 e. The zero-order valence-corrected chi connectivity index (χ0v) is 12.3. The topological polar surface area (TPSA) is 30.5 Å². The molecular formula is C15H13Cl2NO2. The number of hydrogen-bond acceptors (Lipinski definition) is 3. The van der Waals surface area contributed by atoms with Gasteiger partial charge in [0.25, 0.3) is 0 Å². The van der Waals surface area contributed by atoms with E-state index >= 15 is 0 Å². The number of halogens is 2. The van der Waals surface area contributed by atoms with Gasteiger partial charge in [-0.15, -0.1) is 0 Å². The van der Waals surface area contributed by atoms with Gasteiger partial charge in [-0.3, -0.25) is 5.32 Å². The first kappa shape index (κ1) is 13.6. The van der Waals surface area contributed by atoms with Crippen molar-refractivity contribution in [3.63, 3.8) is 0 Å². The van der Waals surface area contributed by atoms with E-state index < -0.39 is 0 Å². The minimum absolute atomic E-state index is 0.190. The summed E-state index contributed by atoms with van der Waals surface area (Å²) in [6, 6.07) is 11.2. The van der Waals surface area contributed by atoms with E-state index in [9.17, 15) is 0 Å². The second-order valence-electron chi connectivity index (χ2n) is 4.47. The molecule has 0 saturated heterocycles. The molecule has 1 heterocycles. The van der Waals surface area contributed by atoms with Gasteiger partial charge in [0.05, 0.1) is 0 Å². The first-order chi connectivity index (χ1) is 9.69. The molecule has 1 atom stereocenters. The highest BCUT2D eigenvalue weighted by molar-refractivity contribution is 6.34. The second-order valence-corrected chi connectivity index (χ2v) is 5.31. The normalized spacial score (nSPS) is 17.1. The molecule has 0 aliphatic carbocycles. The van der Waals surface area contributed by atoms with Crippen LogP contribution < -0.4 is 14.8 Å². The van der Waals surface area contributed by atoms with Crippen molar-refractivity contribution in [2.75, 3.05) is 13.7 Å². The summed E-state index contributed by atoms with van der Waals surface area (Å²) in [6.45, 7) is 0.436. The number of ether oxygens (including phenoxy) is 2. The predicted octanol–water partition coefficient (Wildman–Crippen LogP) is 3.98. The standard InChI is InChI=1S/C15H13Cl2NO2/c1-18-14-8-19-13-7-9(16)6-11(15(13)20-14)10-4-2-3-5-12(10)17/h2-7,14,18H,8H2,1H3. The van der Waals surface area contributed by atoms with Gasteiger partial charge in [0, 0.05) is 27.2 Å². The molecule has 20 heavy (non-hydrogen) atoms. The van der Waals surface area contributed by atoms with Crippen LogP contribution in [0.2, 0.25) is 10.0 Å². The van der Waals surface area contributed by atoms with Crippen molar-refractivity contribution in [3.05, 3.63) is 46.4 Å². The van der Waals surface area contributed by atoms with Crippen molar-refractivity contribution in [2.45, 2.75) is 6.23 Å². The smallest absolute Gasteiger partial charge is 0.184 e. The fourth-order valence-corrected chi connectivity index (χ4v) is 2.61. The monoisotopic (exact) mass is 309 g/mol. The maximum atomic E-state index is 6.27. The van der Waals surface area contributed by atoms with Gasteiger partial charge in [0.2, 0.25) is 0 Å². The zero-order chi connectivity index (χ0) is 14.1. The number of nitrogens with one attached hydrogen (secondary N) is 1. The van der Waals surface area contributed by atoms with Gasteiger partial charge in [-0.1, -0.05) is 41.4 Å². The molecule has 1 N–H and O–H groups in total. The van der Waals surface area contributed by atoms with E-state index in [1.54, 1.807) is 6.07 Å². The molecule has 0 bridgehead atoms. The number of rotatable bonds is 2. The lowest BCUT2D eigenvalue weighted by atomic mass is 10.0. The van der Waals surface area contributed by atoms with Gasteiger partial charge in [-0.25, -0.2) is 0 Å². The number of fused-ring (bicyclic) bond motifs is 1. The van der Waals surface area contributed by atoms with Crippen LogP contribution in [0, 0.1) is 0 Å². The van der Waals surface area contributed by atoms with Crippen molar-refractivity contribution in [1.29, 1.82) is 0 Å². The summed E-state index contributed by atoms with van der Waals surface area (Å²) in [5, 5.41) is 4.27. The van der Waals surface area contributed by atoms with Gasteiger partial charge < -0.3 is 9.47 Å². The Morgan fingerprint density at radius 3 is 2.70 bits per heavy atom. The lowest BCUT2D eigenvalue weighted by Gasteiger charge is -2.28. The Morgan fingerprint density at radius 1 is 1.15 bits per heavy atom. The second kappa shape index (κ2) is 5.52. The van der Waals surface area contributed by atoms with Crippen molar-refractivity contribution < 1.29 is 9.47 Å². The van der Waals surface area contributed by atoms with Crippen LogP contribution in [0.15, 0.2) is 36.4 Å². The Bertz CT molecular complexity index is 646. The Hall–Kier alpha value is -1.42. The summed E-state index contributed by atoms with van der Waals surface area (Å²) in [5.74, 6) is 1.30. The van der Waals surface area contributed by atoms with E-state index in [0.717, 1.165) is 11.1 Å². The summed E-state index contributed by atoms with van der Waals surface area (Å²) in [7, 11) is 1.82. The van der Waals surface area contributed by atoms with Gasteiger partial charge in [0.1, 0.15) is 6.61 Å². The van der Waals surface area contributed by atoms with Crippen LogP contribution in [0.5, 0.6) is 11.5 Å². The van der Waals surface area contributed by atoms with Gasteiger partial charge in [-0.05, 0) is 19.2 Å². The quantitative estimate of drug-likeness (QED) is 0.910. The SMILES string of the molecule is CNC1COc2cc(Cl)cc(-c3ccccc3Cl)c2O1. The maximum Gasteiger partial charge on any atom is 0.184 e. The molecule has 0 saturated carbocycles. The van der Waals surface area contributed by atoms with Crippen molar-refractivity contribution in [1.82, 2.24) is 5.32 Å². The van der Waals surface area contributed by atoms with Crippen LogP contribution >= 0.6 is 23.2 Å². The van der Waals surface area contributed by atoms with Crippen LogP contribution in [-0.2, 0) is 0 Å². The Kier molecular flexibility index (Phi) is 3.74. The molecule has 3 nitrogen and oxygen atoms in total.